The molecule has 1 N–H and O–H groups in total. The highest BCUT2D eigenvalue weighted by atomic mass is 35.5. The number of rotatable bonds is 3. The summed E-state index contributed by atoms with van der Waals surface area (Å²) in [6, 6.07) is 6.43. The van der Waals surface area contributed by atoms with E-state index in [1.54, 1.807) is 0 Å². The van der Waals surface area contributed by atoms with Gasteiger partial charge in [0.05, 0.1) is 0 Å². The number of benzene rings is 1. The van der Waals surface area contributed by atoms with Crippen molar-refractivity contribution in [1.29, 1.82) is 0 Å². The lowest BCUT2D eigenvalue weighted by Gasteiger charge is -2.36. The van der Waals surface area contributed by atoms with E-state index in [0.29, 0.717) is 5.92 Å². The summed E-state index contributed by atoms with van der Waals surface area (Å²) in [5.74, 6) is 0.455. The molecule has 0 radical (unpaired) electrons. The average molecular weight is 352 g/mol. The van der Waals surface area contributed by atoms with Crippen LogP contribution in [0.1, 0.15) is 31.9 Å². The summed E-state index contributed by atoms with van der Waals surface area (Å²) < 4.78 is 0. The Morgan fingerprint density at radius 1 is 1.17 bits per heavy atom. The van der Waals surface area contributed by atoms with Crippen molar-refractivity contribution < 1.29 is 4.79 Å². The summed E-state index contributed by atoms with van der Waals surface area (Å²) >= 11 is 0. The second kappa shape index (κ2) is 8.97. The Balaban J connectivity index is 0.00000288. The monoisotopic (exact) mass is 351 g/mol. The molecule has 0 aromatic heterocycles. The molecular formula is C19H30ClN3O. The van der Waals surface area contributed by atoms with Gasteiger partial charge in [-0.1, -0.05) is 31.6 Å². The summed E-state index contributed by atoms with van der Waals surface area (Å²) in [6.07, 6.45) is 1.84. The standard InChI is InChI=1S/C19H29N3O.ClH/c1-14(2)16(4)13-20-19(23)22-11-9-21(10-12-22)18-8-6-7-15(3)17(18)5;/h6-8,13-14H,9-12H2,1-5H3,(H,20,23);1H/b16-13+;. The SMILES string of the molecule is C/C(=C\NC(=O)N1CCN(c2cccc(C)c2C)CC1)C(C)C.Cl. The first-order chi connectivity index (χ1) is 10.9. The highest BCUT2D eigenvalue weighted by molar-refractivity contribution is 5.85. The van der Waals surface area contributed by atoms with Gasteiger partial charge in [0.1, 0.15) is 0 Å². The number of allylic oxidation sites excluding steroid dienone is 1. The molecule has 1 aliphatic rings. The van der Waals surface area contributed by atoms with Gasteiger partial charge in [0, 0.05) is 38.1 Å². The number of hydrogen-bond donors (Lipinski definition) is 1. The van der Waals surface area contributed by atoms with Crippen LogP contribution in [0.4, 0.5) is 10.5 Å². The van der Waals surface area contributed by atoms with Gasteiger partial charge in [-0.2, -0.15) is 0 Å². The highest BCUT2D eigenvalue weighted by Gasteiger charge is 2.21. The maximum Gasteiger partial charge on any atom is 0.321 e. The van der Waals surface area contributed by atoms with E-state index in [4.69, 9.17) is 0 Å². The number of piperazine rings is 1. The molecule has 1 aromatic carbocycles. The number of nitrogens with zero attached hydrogens (tertiary/aromatic N) is 2. The number of hydrogen-bond acceptors (Lipinski definition) is 2. The van der Waals surface area contributed by atoms with Crippen molar-refractivity contribution in [3.63, 3.8) is 0 Å². The summed E-state index contributed by atoms with van der Waals surface area (Å²) in [7, 11) is 0. The zero-order valence-electron chi connectivity index (χ0n) is 15.4. The minimum absolute atomic E-state index is 0. The Morgan fingerprint density at radius 3 is 2.38 bits per heavy atom. The number of halogens is 1. The third-order valence-corrected chi connectivity index (χ3v) is 4.82. The Hall–Kier alpha value is -1.68. The van der Waals surface area contributed by atoms with Crippen molar-refractivity contribution in [3.05, 3.63) is 41.1 Å². The highest BCUT2D eigenvalue weighted by Crippen LogP contribution is 2.23. The molecule has 5 heteroatoms. The molecule has 1 saturated heterocycles. The first kappa shape index (κ1) is 20.4. The molecule has 1 aromatic rings. The van der Waals surface area contributed by atoms with E-state index in [2.05, 4.69) is 56.1 Å². The van der Waals surface area contributed by atoms with E-state index < -0.39 is 0 Å². The van der Waals surface area contributed by atoms with Gasteiger partial charge in [0.15, 0.2) is 0 Å². The molecule has 1 fully saturated rings. The normalized spacial score (nSPS) is 15.3. The predicted molar refractivity (Wildman–Crippen MR) is 104 cm³/mol. The van der Waals surface area contributed by atoms with E-state index in [1.165, 1.54) is 22.4 Å². The lowest BCUT2D eigenvalue weighted by atomic mass is 10.1. The summed E-state index contributed by atoms with van der Waals surface area (Å²) in [5, 5.41) is 2.92. The first-order valence-corrected chi connectivity index (χ1v) is 8.43. The largest absolute Gasteiger partial charge is 0.368 e. The molecule has 2 amide bonds. The minimum atomic E-state index is 0. The Labute approximate surface area is 152 Å². The van der Waals surface area contributed by atoms with Crippen LogP contribution in [-0.4, -0.2) is 37.1 Å². The summed E-state index contributed by atoms with van der Waals surface area (Å²) in [4.78, 5) is 16.5. The van der Waals surface area contributed by atoms with Crippen LogP contribution in [0, 0.1) is 19.8 Å². The Kier molecular flexibility index (Phi) is 7.61. The van der Waals surface area contributed by atoms with Crippen molar-refractivity contribution in [3.8, 4) is 0 Å². The van der Waals surface area contributed by atoms with Gasteiger partial charge in [-0.05, 0) is 43.9 Å². The van der Waals surface area contributed by atoms with Gasteiger partial charge in [-0.3, -0.25) is 0 Å². The molecule has 0 spiro atoms. The van der Waals surface area contributed by atoms with Crippen LogP contribution in [0.15, 0.2) is 30.0 Å². The lowest BCUT2D eigenvalue weighted by molar-refractivity contribution is 0.198. The fourth-order valence-corrected chi connectivity index (χ4v) is 2.66. The molecule has 0 saturated carbocycles. The van der Waals surface area contributed by atoms with Gasteiger partial charge >= 0.3 is 6.03 Å². The molecule has 0 bridgehead atoms. The van der Waals surface area contributed by atoms with Crippen LogP contribution in [-0.2, 0) is 0 Å². The second-order valence-electron chi connectivity index (χ2n) is 6.69. The molecule has 1 heterocycles. The van der Waals surface area contributed by atoms with E-state index >= 15 is 0 Å². The summed E-state index contributed by atoms with van der Waals surface area (Å²) in [6.45, 7) is 13.9. The predicted octanol–water partition coefficient (Wildman–Crippen LogP) is 4.12. The zero-order chi connectivity index (χ0) is 17.0. The summed E-state index contributed by atoms with van der Waals surface area (Å²) in [5.41, 5.74) is 5.13. The van der Waals surface area contributed by atoms with E-state index in [9.17, 15) is 4.79 Å². The van der Waals surface area contributed by atoms with Crippen molar-refractivity contribution in [1.82, 2.24) is 10.2 Å². The minimum Gasteiger partial charge on any atom is -0.368 e. The molecular weight excluding hydrogens is 322 g/mol. The van der Waals surface area contributed by atoms with Crippen molar-refractivity contribution in [2.45, 2.75) is 34.6 Å². The van der Waals surface area contributed by atoms with Crippen LogP contribution in [0.2, 0.25) is 0 Å². The number of carbonyl (C=O) groups excluding carboxylic acids is 1. The van der Waals surface area contributed by atoms with E-state index in [0.717, 1.165) is 26.2 Å². The van der Waals surface area contributed by atoms with E-state index in [1.807, 2.05) is 18.0 Å². The number of aryl methyl sites for hydroxylation is 1. The second-order valence-corrected chi connectivity index (χ2v) is 6.69. The molecule has 134 valence electrons. The maximum absolute atomic E-state index is 12.2. The van der Waals surface area contributed by atoms with E-state index in [-0.39, 0.29) is 18.4 Å². The third kappa shape index (κ3) is 4.91. The molecule has 0 aliphatic carbocycles. The topological polar surface area (TPSA) is 35.6 Å². The van der Waals surface area contributed by atoms with Crippen LogP contribution < -0.4 is 10.2 Å². The van der Waals surface area contributed by atoms with Crippen LogP contribution >= 0.6 is 12.4 Å². The van der Waals surface area contributed by atoms with Crippen LogP contribution in [0.5, 0.6) is 0 Å². The fourth-order valence-electron chi connectivity index (χ4n) is 2.66. The number of urea groups is 1. The molecule has 24 heavy (non-hydrogen) atoms. The van der Waals surface area contributed by atoms with Gasteiger partial charge < -0.3 is 15.1 Å². The first-order valence-electron chi connectivity index (χ1n) is 8.43. The number of carbonyl (C=O) groups is 1. The number of nitrogens with one attached hydrogen (secondary N) is 1. The van der Waals surface area contributed by atoms with Crippen LogP contribution in [0.3, 0.4) is 0 Å². The molecule has 0 unspecified atom stereocenters. The Morgan fingerprint density at radius 2 is 1.79 bits per heavy atom. The zero-order valence-corrected chi connectivity index (χ0v) is 16.2. The van der Waals surface area contributed by atoms with Gasteiger partial charge in [0.25, 0.3) is 0 Å². The van der Waals surface area contributed by atoms with Crippen molar-refractivity contribution >= 4 is 24.1 Å². The average Bonchev–Trinajstić information content (AvgIpc) is 2.55. The quantitative estimate of drug-likeness (QED) is 0.889. The maximum atomic E-state index is 12.2. The van der Waals surface area contributed by atoms with Gasteiger partial charge in [-0.25, -0.2) is 4.79 Å². The molecule has 0 atom stereocenters. The number of anilines is 1. The van der Waals surface area contributed by atoms with Crippen molar-refractivity contribution in [2.75, 3.05) is 31.1 Å². The lowest BCUT2D eigenvalue weighted by Crippen LogP contribution is -2.51. The fraction of sp³-hybridized carbons (Fsp3) is 0.526. The van der Waals surface area contributed by atoms with Gasteiger partial charge in [-0.15, -0.1) is 12.4 Å². The van der Waals surface area contributed by atoms with Crippen LogP contribution in [0.25, 0.3) is 0 Å². The molecule has 1 aliphatic heterocycles. The molecule has 2 rings (SSSR count). The Bertz CT molecular complexity index is 590. The number of amides is 2. The van der Waals surface area contributed by atoms with Gasteiger partial charge in [0.2, 0.25) is 0 Å². The molecule has 4 nitrogen and oxygen atoms in total. The van der Waals surface area contributed by atoms with Crippen molar-refractivity contribution in [2.24, 2.45) is 5.92 Å². The third-order valence-electron chi connectivity index (χ3n) is 4.82. The smallest absolute Gasteiger partial charge is 0.321 e.